The van der Waals surface area contributed by atoms with Crippen LogP contribution in [0.4, 0.5) is 17.6 Å². The lowest BCUT2D eigenvalue weighted by molar-refractivity contribution is -0.137. The first-order valence-corrected chi connectivity index (χ1v) is 5.54. The van der Waals surface area contributed by atoms with Crippen molar-refractivity contribution in [3.8, 4) is 0 Å². The standard InChI is InChI=1S/C12H15F4NO/c1-8(18)2-3-17-7-9-4-10(12(14,15)16)6-11(13)5-9/h4-6,8,17-18H,2-3,7H2,1H3. The van der Waals surface area contributed by atoms with Crippen LogP contribution in [0.1, 0.15) is 24.5 Å². The molecule has 1 atom stereocenters. The zero-order valence-electron chi connectivity index (χ0n) is 9.89. The topological polar surface area (TPSA) is 32.3 Å². The van der Waals surface area contributed by atoms with Crippen LogP contribution in [0.2, 0.25) is 0 Å². The zero-order valence-corrected chi connectivity index (χ0v) is 9.89. The highest BCUT2D eigenvalue weighted by molar-refractivity contribution is 5.26. The third-order valence-corrected chi connectivity index (χ3v) is 2.35. The van der Waals surface area contributed by atoms with E-state index in [0.717, 1.165) is 12.1 Å². The summed E-state index contributed by atoms with van der Waals surface area (Å²) in [5.41, 5.74) is -0.761. The van der Waals surface area contributed by atoms with E-state index in [9.17, 15) is 17.6 Å². The molecule has 1 aromatic carbocycles. The van der Waals surface area contributed by atoms with Gasteiger partial charge in [-0.3, -0.25) is 0 Å². The summed E-state index contributed by atoms with van der Waals surface area (Å²) in [5.74, 6) is -0.905. The van der Waals surface area contributed by atoms with E-state index < -0.39 is 23.7 Å². The third-order valence-electron chi connectivity index (χ3n) is 2.35. The molecule has 0 aliphatic heterocycles. The fourth-order valence-corrected chi connectivity index (χ4v) is 1.46. The predicted molar refractivity (Wildman–Crippen MR) is 59.4 cm³/mol. The summed E-state index contributed by atoms with van der Waals surface area (Å²) in [6.07, 6.45) is -4.53. The van der Waals surface area contributed by atoms with Gasteiger partial charge >= 0.3 is 6.18 Å². The molecule has 1 rings (SSSR count). The molecule has 0 radical (unpaired) electrons. The van der Waals surface area contributed by atoms with Gasteiger partial charge < -0.3 is 10.4 Å². The van der Waals surface area contributed by atoms with E-state index >= 15 is 0 Å². The average molecular weight is 265 g/mol. The number of halogens is 4. The lowest BCUT2D eigenvalue weighted by Gasteiger charge is -2.10. The molecule has 0 bridgehead atoms. The molecule has 0 aliphatic carbocycles. The van der Waals surface area contributed by atoms with Gasteiger partial charge in [-0.15, -0.1) is 0 Å². The van der Waals surface area contributed by atoms with Crippen molar-refractivity contribution in [3.63, 3.8) is 0 Å². The highest BCUT2D eigenvalue weighted by Crippen LogP contribution is 2.30. The van der Waals surface area contributed by atoms with Gasteiger partial charge in [-0.2, -0.15) is 13.2 Å². The molecule has 0 fully saturated rings. The Morgan fingerprint density at radius 3 is 2.50 bits per heavy atom. The Bertz CT molecular complexity index is 390. The van der Waals surface area contributed by atoms with E-state index in [1.165, 1.54) is 0 Å². The number of hydrogen-bond acceptors (Lipinski definition) is 2. The number of alkyl halides is 3. The van der Waals surface area contributed by atoms with E-state index in [4.69, 9.17) is 5.11 Å². The van der Waals surface area contributed by atoms with Crippen molar-refractivity contribution in [1.82, 2.24) is 5.32 Å². The average Bonchev–Trinajstić information content (AvgIpc) is 2.22. The van der Waals surface area contributed by atoms with Gasteiger partial charge in [0, 0.05) is 6.54 Å². The smallest absolute Gasteiger partial charge is 0.393 e. The SMILES string of the molecule is CC(O)CCNCc1cc(F)cc(C(F)(F)F)c1. The first-order chi connectivity index (χ1) is 8.29. The van der Waals surface area contributed by atoms with Crippen molar-refractivity contribution in [2.75, 3.05) is 6.54 Å². The van der Waals surface area contributed by atoms with E-state index in [-0.39, 0.29) is 12.1 Å². The molecule has 0 aliphatic rings. The van der Waals surface area contributed by atoms with Gasteiger partial charge in [0.25, 0.3) is 0 Å². The lowest BCUT2D eigenvalue weighted by Crippen LogP contribution is -2.19. The highest BCUT2D eigenvalue weighted by atomic mass is 19.4. The van der Waals surface area contributed by atoms with Gasteiger partial charge in [-0.05, 0) is 43.7 Å². The fourth-order valence-electron chi connectivity index (χ4n) is 1.46. The normalized spacial score (nSPS) is 13.7. The summed E-state index contributed by atoms with van der Waals surface area (Å²) in [6, 6.07) is 2.45. The van der Waals surface area contributed by atoms with Crippen LogP contribution in [0.3, 0.4) is 0 Å². The van der Waals surface area contributed by atoms with Crippen LogP contribution in [0.25, 0.3) is 0 Å². The molecule has 1 aromatic rings. The molecular weight excluding hydrogens is 250 g/mol. The molecule has 0 saturated heterocycles. The molecular formula is C12H15F4NO. The summed E-state index contributed by atoms with van der Waals surface area (Å²) in [7, 11) is 0. The van der Waals surface area contributed by atoms with E-state index in [0.29, 0.717) is 19.0 Å². The predicted octanol–water partition coefficient (Wildman–Crippen LogP) is 2.71. The molecule has 1 unspecified atom stereocenters. The van der Waals surface area contributed by atoms with Gasteiger partial charge in [0.1, 0.15) is 5.82 Å². The molecule has 0 spiro atoms. The summed E-state index contributed by atoms with van der Waals surface area (Å²) in [6.45, 7) is 2.20. The number of benzene rings is 1. The molecule has 0 heterocycles. The van der Waals surface area contributed by atoms with Gasteiger partial charge in [-0.25, -0.2) is 4.39 Å². The number of hydrogen-bond donors (Lipinski definition) is 2. The quantitative estimate of drug-likeness (QED) is 0.633. The second kappa shape index (κ2) is 6.15. The maximum Gasteiger partial charge on any atom is 0.416 e. The molecule has 2 nitrogen and oxygen atoms in total. The van der Waals surface area contributed by atoms with Crippen molar-refractivity contribution in [1.29, 1.82) is 0 Å². The van der Waals surface area contributed by atoms with Crippen LogP contribution in [0.5, 0.6) is 0 Å². The molecule has 6 heteroatoms. The summed E-state index contributed by atoms with van der Waals surface area (Å²) in [5, 5.41) is 11.8. The van der Waals surface area contributed by atoms with Crippen LogP contribution < -0.4 is 5.32 Å². The minimum Gasteiger partial charge on any atom is -0.393 e. The molecule has 18 heavy (non-hydrogen) atoms. The third kappa shape index (κ3) is 5.01. The second-order valence-corrected chi connectivity index (χ2v) is 4.16. The van der Waals surface area contributed by atoms with Crippen LogP contribution >= 0.6 is 0 Å². The van der Waals surface area contributed by atoms with Crippen LogP contribution in [-0.4, -0.2) is 17.8 Å². The molecule has 102 valence electrons. The Balaban J connectivity index is 2.63. The van der Waals surface area contributed by atoms with Crippen molar-refractivity contribution in [3.05, 3.63) is 35.1 Å². The van der Waals surface area contributed by atoms with Crippen molar-refractivity contribution < 1.29 is 22.7 Å². The van der Waals surface area contributed by atoms with E-state index in [2.05, 4.69) is 5.32 Å². The Labute approximate surface area is 103 Å². The minimum absolute atomic E-state index is 0.133. The first kappa shape index (κ1) is 14.9. The van der Waals surface area contributed by atoms with Crippen molar-refractivity contribution in [2.45, 2.75) is 32.2 Å². The fraction of sp³-hybridized carbons (Fsp3) is 0.500. The van der Waals surface area contributed by atoms with Gasteiger partial charge in [0.2, 0.25) is 0 Å². The number of rotatable bonds is 5. The van der Waals surface area contributed by atoms with Crippen molar-refractivity contribution in [2.24, 2.45) is 0 Å². The Kier molecular flexibility index (Phi) is 5.10. The van der Waals surface area contributed by atoms with Gasteiger partial charge in [0.05, 0.1) is 11.7 Å². The van der Waals surface area contributed by atoms with Crippen LogP contribution in [-0.2, 0) is 12.7 Å². The van der Waals surface area contributed by atoms with Gasteiger partial charge in [0.15, 0.2) is 0 Å². The highest BCUT2D eigenvalue weighted by Gasteiger charge is 2.31. The molecule has 0 amide bonds. The number of nitrogens with one attached hydrogen (secondary N) is 1. The zero-order chi connectivity index (χ0) is 13.8. The monoisotopic (exact) mass is 265 g/mol. The number of aliphatic hydroxyl groups excluding tert-OH is 1. The summed E-state index contributed by atoms with van der Waals surface area (Å²) in [4.78, 5) is 0. The second-order valence-electron chi connectivity index (χ2n) is 4.16. The molecule has 2 N–H and O–H groups in total. The van der Waals surface area contributed by atoms with Crippen molar-refractivity contribution >= 4 is 0 Å². The summed E-state index contributed by atoms with van der Waals surface area (Å²) < 4.78 is 50.3. The maximum absolute atomic E-state index is 13.0. The lowest BCUT2D eigenvalue weighted by atomic mass is 10.1. The van der Waals surface area contributed by atoms with Crippen LogP contribution in [0.15, 0.2) is 18.2 Å². The summed E-state index contributed by atoms with van der Waals surface area (Å²) >= 11 is 0. The maximum atomic E-state index is 13.0. The van der Waals surface area contributed by atoms with Gasteiger partial charge in [-0.1, -0.05) is 0 Å². The van der Waals surface area contributed by atoms with E-state index in [1.54, 1.807) is 6.92 Å². The number of aliphatic hydroxyl groups is 1. The van der Waals surface area contributed by atoms with E-state index in [1.807, 2.05) is 0 Å². The molecule has 0 saturated carbocycles. The first-order valence-electron chi connectivity index (χ1n) is 5.54. The Morgan fingerprint density at radius 2 is 1.94 bits per heavy atom. The molecule has 0 aromatic heterocycles. The Morgan fingerprint density at radius 1 is 1.28 bits per heavy atom. The van der Waals surface area contributed by atoms with Crippen LogP contribution in [0, 0.1) is 5.82 Å². The Hall–Kier alpha value is -1.14. The largest absolute Gasteiger partial charge is 0.416 e. The minimum atomic E-state index is -4.55.